The third-order valence-electron chi connectivity index (χ3n) is 4.26. The zero-order chi connectivity index (χ0) is 18.0. The lowest BCUT2D eigenvalue weighted by Gasteiger charge is -2.36. The van der Waals surface area contributed by atoms with Gasteiger partial charge in [0.05, 0.1) is 29.6 Å². The predicted molar refractivity (Wildman–Crippen MR) is 94.8 cm³/mol. The number of halogens is 1. The van der Waals surface area contributed by atoms with Crippen LogP contribution in [0.1, 0.15) is 31.0 Å². The lowest BCUT2D eigenvalue weighted by molar-refractivity contribution is -0.00253. The summed E-state index contributed by atoms with van der Waals surface area (Å²) in [7, 11) is 0. The average molecular weight is 364 g/mol. The Bertz CT molecular complexity index is 774. The minimum atomic E-state index is -0.821. The van der Waals surface area contributed by atoms with E-state index in [-0.39, 0.29) is 6.03 Å². The van der Waals surface area contributed by atoms with Crippen molar-refractivity contribution in [2.75, 3.05) is 13.1 Å². The van der Waals surface area contributed by atoms with E-state index in [0.29, 0.717) is 36.9 Å². The summed E-state index contributed by atoms with van der Waals surface area (Å²) < 4.78 is 1.60. The molecule has 1 aliphatic heterocycles. The molecular formula is C17H22ClN5O2. The van der Waals surface area contributed by atoms with Gasteiger partial charge in [-0.15, -0.1) is 0 Å². The molecule has 1 fully saturated rings. The number of aryl methyl sites for hydroxylation is 1. The fraction of sp³-hybridized carbons (Fsp3) is 0.471. The second-order valence-corrected chi connectivity index (χ2v) is 7.16. The molecule has 1 saturated heterocycles. The molecule has 8 heteroatoms. The number of nitrogens with one attached hydrogen (secondary N) is 1. The quantitative estimate of drug-likeness (QED) is 0.876. The van der Waals surface area contributed by atoms with Gasteiger partial charge in [-0.2, -0.15) is 5.10 Å². The molecule has 2 aromatic heterocycles. The van der Waals surface area contributed by atoms with E-state index in [9.17, 15) is 9.90 Å². The second kappa shape index (κ2) is 7.01. The van der Waals surface area contributed by atoms with Crippen LogP contribution >= 0.6 is 11.6 Å². The van der Waals surface area contributed by atoms with Crippen molar-refractivity contribution in [2.24, 2.45) is 0 Å². The highest BCUT2D eigenvalue weighted by Gasteiger charge is 2.30. The molecule has 2 N–H and O–H groups in total. The lowest BCUT2D eigenvalue weighted by Crippen LogP contribution is -2.51. The van der Waals surface area contributed by atoms with E-state index in [1.165, 1.54) is 0 Å². The molecule has 0 radical (unpaired) electrons. The summed E-state index contributed by atoms with van der Waals surface area (Å²) in [5.74, 6) is 0.637. The second-order valence-electron chi connectivity index (χ2n) is 6.72. The standard InChI is InChI=1S/C17H22ClN5O2/c1-12-4-5-13(15(21-12)23-10-14(18)9-20-23)8-19-16(24)22-7-3-6-17(2,25)11-22/h4-5,9-10,25H,3,6-8,11H2,1-2H3,(H,19,24)/t17-/m1/s1. The van der Waals surface area contributed by atoms with E-state index in [1.54, 1.807) is 28.9 Å². The van der Waals surface area contributed by atoms with Crippen molar-refractivity contribution in [3.63, 3.8) is 0 Å². The van der Waals surface area contributed by atoms with Crippen molar-refractivity contribution in [2.45, 2.75) is 38.8 Å². The minimum absolute atomic E-state index is 0.190. The normalized spacial score (nSPS) is 20.6. The van der Waals surface area contributed by atoms with Crippen LogP contribution in [0.3, 0.4) is 0 Å². The van der Waals surface area contributed by atoms with Crippen molar-refractivity contribution in [3.05, 3.63) is 40.8 Å². The molecule has 1 atom stereocenters. The number of hydrogen-bond acceptors (Lipinski definition) is 4. The van der Waals surface area contributed by atoms with Crippen LogP contribution in [0, 0.1) is 6.92 Å². The van der Waals surface area contributed by atoms with Crippen LogP contribution in [0.2, 0.25) is 5.02 Å². The zero-order valence-electron chi connectivity index (χ0n) is 14.4. The number of urea groups is 1. The van der Waals surface area contributed by atoms with Crippen LogP contribution in [0.25, 0.3) is 5.82 Å². The van der Waals surface area contributed by atoms with Crippen molar-refractivity contribution in [3.8, 4) is 5.82 Å². The van der Waals surface area contributed by atoms with Gasteiger partial charge in [0.15, 0.2) is 5.82 Å². The largest absolute Gasteiger partial charge is 0.388 e. The third kappa shape index (κ3) is 4.29. The zero-order valence-corrected chi connectivity index (χ0v) is 15.1. The Balaban J connectivity index is 1.72. The maximum Gasteiger partial charge on any atom is 0.317 e. The molecule has 0 aromatic carbocycles. The SMILES string of the molecule is Cc1ccc(CNC(=O)N2CCC[C@@](C)(O)C2)c(-n2cc(Cl)cn2)n1. The van der Waals surface area contributed by atoms with Gasteiger partial charge in [0, 0.05) is 24.3 Å². The summed E-state index contributed by atoms with van der Waals surface area (Å²) in [6, 6.07) is 3.62. The van der Waals surface area contributed by atoms with E-state index < -0.39 is 5.60 Å². The van der Waals surface area contributed by atoms with Crippen LogP contribution in [0.15, 0.2) is 24.5 Å². The average Bonchev–Trinajstić information content (AvgIpc) is 2.98. The monoisotopic (exact) mass is 363 g/mol. The van der Waals surface area contributed by atoms with Crippen LogP contribution in [-0.4, -0.2) is 49.5 Å². The number of carbonyl (C=O) groups is 1. The van der Waals surface area contributed by atoms with E-state index >= 15 is 0 Å². The highest BCUT2D eigenvalue weighted by Crippen LogP contribution is 2.20. The molecule has 0 aliphatic carbocycles. The number of amides is 2. The predicted octanol–water partition coefficient (Wildman–Crippen LogP) is 2.29. The Labute approximate surface area is 151 Å². The number of piperidine rings is 1. The maximum absolute atomic E-state index is 12.4. The molecule has 7 nitrogen and oxygen atoms in total. The number of likely N-dealkylation sites (tertiary alicyclic amines) is 1. The first-order valence-electron chi connectivity index (χ1n) is 8.26. The summed E-state index contributed by atoms with van der Waals surface area (Å²) in [6.07, 6.45) is 4.73. The van der Waals surface area contributed by atoms with E-state index in [2.05, 4.69) is 15.4 Å². The number of rotatable bonds is 3. The molecule has 2 aromatic rings. The number of aromatic nitrogens is 3. The number of aliphatic hydroxyl groups is 1. The van der Waals surface area contributed by atoms with Gasteiger partial charge in [0.25, 0.3) is 0 Å². The molecule has 0 unspecified atom stereocenters. The Morgan fingerprint density at radius 3 is 2.96 bits per heavy atom. The van der Waals surface area contributed by atoms with Crippen LogP contribution in [0.5, 0.6) is 0 Å². The van der Waals surface area contributed by atoms with Crippen molar-refractivity contribution in [1.29, 1.82) is 0 Å². The van der Waals surface area contributed by atoms with Gasteiger partial charge in [0.2, 0.25) is 0 Å². The molecular weight excluding hydrogens is 342 g/mol. The minimum Gasteiger partial charge on any atom is -0.388 e. The van der Waals surface area contributed by atoms with Gasteiger partial charge in [-0.1, -0.05) is 17.7 Å². The van der Waals surface area contributed by atoms with E-state index in [1.807, 2.05) is 19.1 Å². The molecule has 1 aliphatic rings. The van der Waals surface area contributed by atoms with Crippen molar-refractivity contribution < 1.29 is 9.90 Å². The molecule has 0 saturated carbocycles. The Morgan fingerprint density at radius 1 is 1.48 bits per heavy atom. The van der Waals surface area contributed by atoms with Crippen molar-refractivity contribution >= 4 is 17.6 Å². The first kappa shape index (κ1) is 17.7. The number of pyridine rings is 1. The summed E-state index contributed by atoms with van der Waals surface area (Å²) in [4.78, 5) is 18.6. The number of carbonyl (C=O) groups excluding carboxylic acids is 1. The van der Waals surface area contributed by atoms with Crippen LogP contribution < -0.4 is 5.32 Å². The number of hydrogen-bond donors (Lipinski definition) is 2. The molecule has 0 bridgehead atoms. The maximum atomic E-state index is 12.4. The third-order valence-corrected chi connectivity index (χ3v) is 4.45. The Morgan fingerprint density at radius 2 is 2.28 bits per heavy atom. The highest BCUT2D eigenvalue weighted by atomic mass is 35.5. The molecule has 25 heavy (non-hydrogen) atoms. The molecule has 3 rings (SSSR count). The summed E-state index contributed by atoms with van der Waals surface area (Å²) in [5, 5.41) is 17.8. The van der Waals surface area contributed by atoms with Gasteiger partial charge in [0.1, 0.15) is 0 Å². The molecule has 3 heterocycles. The first-order chi connectivity index (χ1) is 11.8. The van der Waals surface area contributed by atoms with Crippen molar-refractivity contribution in [1.82, 2.24) is 25.0 Å². The Kier molecular flexibility index (Phi) is 4.96. The first-order valence-corrected chi connectivity index (χ1v) is 8.64. The van der Waals surface area contributed by atoms with Crippen LogP contribution in [-0.2, 0) is 6.54 Å². The fourth-order valence-corrected chi connectivity index (χ4v) is 3.14. The lowest BCUT2D eigenvalue weighted by atomic mass is 9.95. The summed E-state index contributed by atoms with van der Waals surface area (Å²) in [6.45, 7) is 4.96. The van der Waals surface area contributed by atoms with Gasteiger partial charge < -0.3 is 15.3 Å². The molecule has 134 valence electrons. The van der Waals surface area contributed by atoms with Gasteiger partial charge >= 0.3 is 6.03 Å². The highest BCUT2D eigenvalue weighted by molar-refractivity contribution is 6.30. The Hall–Kier alpha value is -2.12. The molecule has 2 amide bonds. The molecule has 0 spiro atoms. The van der Waals surface area contributed by atoms with E-state index in [4.69, 9.17) is 11.6 Å². The van der Waals surface area contributed by atoms with Gasteiger partial charge in [-0.05, 0) is 32.8 Å². The van der Waals surface area contributed by atoms with E-state index in [0.717, 1.165) is 17.7 Å². The summed E-state index contributed by atoms with van der Waals surface area (Å²) in [5.41, 5.74) is 0.865. The fourth-order valence-electron chi connectivity index (χ4n) is 3.00. The van der Waals surface area contributed by atoms with Crippen LogP contribution in [0.4, 0.5) is 4.79 Å². The topological polar surface area (TPSA) is 83.3 Å². The number of nitrogens with zero attached hydrogens (tertiary/aromatic N) is 4. The van der Waals surface area contributed by atoms with Gasteiger partial charge in [-0.25, -0.2) is 14.5 Å². The summed E-state index contributed by atoms with van der Waals surface area (Å²) >= 11 is 5.95. The smallest absolute Gasteiger partial charge is 0.317 e. The van der Waals surface area contributed by atoms with Gasteiger partial charge in [-0.3, -0.25) is 0 Å². The number of β-amino-alcohol motifs (C(OH)–C–C–N with tert-alkyl or cyclic N) is 1.